The third-order valence-corrected chi connectivity index (χ3v) is 10.1. The van der Waals surface area contributed by atoms with Crippen molar-refractivity contribution in [3.05, 3.63) is 114 Å². The Hall–Kier alpha value is -3.05. The summed E-state index contributed by atoms with van der Waals surface area (Å²) in [5.41, 5.74) is 0.389. The predicted octanol–water partition coefficient (Wildman–Crippen LogP) is 7.08. The van der Waals surface area contributed by atoms with Crippen LogP contribution in [0.1, 0.15) is 27.5 Å². The minimum Gasteiger partial charge on any atom is -0.289 e. The summed E-state index contributed by atoms with van der Waals surface area (Å²) in [6.07, 6.45) is -4.64. The number of rotatable bonds is 4. The summed E-state index contributed by atoms with van der Waals surface area (Å²) in [5.74, 6) is -2.84. The van der Waals surface area contributed by atoms with Gasteiger partial charge in [-0.05, 0) is 53.6 Å². The van der Waals surface area contributed by atoms with Gasteiger partial charge in [0, 0.05) is 20.8 Å². The van der Waals surface area contributed by atoms with E-state index in [1.165, 1.54) is 12.1 Å². The van der Waals surface area contributed by atoms with E-state index < -0.39 is 40.6 Å². The van der Waals surface area contributed by atoms with Crippen molar-refractivity contribution in [2.45, 2.75) is 28.9 Å². The molecule has 0 N–H and O–H groups in total. The molecule has 1 saturated heterocycles. The molecule has 2 amide bonds. The minimum absolute atomic E-state index is 0.142. The molecule has 0 spiro atoms. The zero-order valence-corrected chi connectivity index (χ0v) is 23.3. The number of carbonyl (C=O) groups is 2. The third-order valence-electron chi connectivity index (χ3n) is 6.96. The highest BCUT2D eigenvalue weighted by Gasteiger charge is 2.57. The van der Waals surface area contributed by atoms with Crippen LogP contribution >= 0.6 is 46.3 Å². The Morgan fingerprint density at radius 1 is 0.850 bits per heavy atom. The fraction of sp³-hybridized carbons (Fsp3) is 0.179. The van der Waals surface area contributed by atoms with Gasteiger partial charge in [0.15, 0.2) is 0 Å². The molecule has 0 bridgehead atoms. The highest BCUT2D eigenvalue weighted by atomic mass is 35.5. The van der Waals surface area contributed by atoms with Gasteiger partial charge in [0.25, 0.3) is 0 Å². The van der Waals surface area contributed by atoms with Gasteiger partial charge in [-0.1, -0.05) is 76.6 Å². The zero-order chi connectivity index (χ0) is 28.3. The quantitative estimate of drug-likeness (QED) is 0.229. The van der Waals surface area contributed by atoms with Gasteiger partial charge in [0.05, 0.1) is 28.7 Å². The van der Waals surface area contributed by atoms with Crippen LogP contribution in [0.15, 0.2) is 82.6 Å². The number of halogens is 5. The van der Waals surface area contributed by atoms with E-state index in [1.54, 1.807) is 53.1 Å². The molecule has 5 nitrogen and oxygen atoms in total. The lowest BCUT2D eigenvalue weighted by Gasteiger charge is -2.30. The number of hydrogen-bond acceptors (Lipinski definition) is 5. The molecule has 3 atom stereocenters. The molecule has 0 radical (unpaired) electrons. The molecule has 2 aliphatic rings. The monoisotopic (exact) mass is 620 g/mol. The molecular weight excluding hydrogens is 604 g/mol. The second kappa shape index (κ2) is 10.1. The van der Waals surface area contributed by atoms with Crippen LogP contribution in [0, 0.1) is 5.92 Å². The van der Waals surface area contributed by atoms with E-state index in [0.717, 1.165) is 45.7 Å². The summed E-state index contributed by atoms with van der Waals surface area (Å²) >= 11 is 14.2. The number of aromatic nitrogens is 1. The van der Waals surface area contributed by atoms with Crippen LogP contribution in [0.4, 0.5) is 18.9 Å². The maximum atomic E-state index is 13.9. The average Bonchev–Trinajstić information content (AvgIpc) is 3.36. The van der Waals surface area contributed by atoms with Crippen LogP contribution in [-0.2, 0) is 22.3 Å². The SMILES string of the molecule is O=C1[C@@H]2[C@H](c3ccc(Cl)cc3)c3sc(=O)n(Cc4ccc(Cl)cc4)c3S[C@@H]2C(=O)N1c1cccc(C(F)(F)F)c1. The standard InChI is InChI=1S/C28H17Cl2F3N2O3S2/c29-17-8-4-14(5-9-17)13-34-26-23(40-27(34)38)20(15-6-10-18(30)11-7-15)21-22(39-26)25(37)35(24(21)36)19-3-1-2-16(12-19)28(31,32)33/h1-12,20-22H,13H2/t20-,21+,22-/m0/s1. The Morgan fingerprint density at radius 2 is 1.50 bits per heavy atom. The highest BCUT2D eigenvalue weighted by molar-refractivity contribution is 8.00. The first-order valence-corrected chi connectivity index (χ1v) is 14.4. The first-order chi connectivity index (χ1) is 19.0. The van der Waals surface area contributed by atoms with Crippen molar-refractivity contribution in [3.8, 4) is 0 Å². The lowest BCUT2D eigenvalue weighted by atomic mass is 9.83. The molecule has 4 aromatic rings. The van der Waals surface area contributed by atoms with Crippen LogP contribution in [0.25, 0.3) is 0 Å². The number of thioether (sulfide) groups is 1. The summed E-state index contributed by atoms with van der Waals surface area (Å²) in [7, 11) is 0. The van der Waals surface area contributed by atoms with Crippen LogP contribution in [-0.4, -0.2) is 21.6 Å². The van der Waals surface area contributed by atoms with Crippen LogP contribution in [0.2, 0.25) is 10.0 Å². The van der Waals surface area contributed by atoms with Crippen molar-refractivity contribution < 1.29 is 22.8 Å². The second-order valence-corrected chi connectivity index (χ2v) is 12.4. The van der Waals surface area contributed by atoms with Crippen molar-refractivity contribution in [2.75, 3.05) is 4.90 Å². The molecule has 0 saturated carbocycles. The van der Waals surface area contributed by atoms with Gasteiger partial charge in [-0.25, -0.2) is 4.90 Å². The van der Waals surface area contributed by atoms with Crippen LogP contribution < -0.4 is 9.77 Å². The van der Waals surface area contributed by atoms with E-state index in [9.17, 15) is 27.6 Å². The number of hydrogen-bond donors (Lipinski definition) is 0. The average molecular weight is 621 g/mol. The molecule has 1 fully saturated rings. The van der Waals surface area contributed by atoms with Crippen LogP contribution in [0.3, 0.4) is 0 Å². The summed E-state index contributed by atoms with van der Waals surface area (Å²) < 4.78 is 41.9. The van der Waals surface area contributed by atoms with Gasteiger partial charge in [-0.15, -0.1) is 0 Å². The Bertz CT molecular complexity index is 1700. The molecule has 0 unspecified atom stereocenters. The maximum absolute atomic E-state index is 13.9. The number of nitrogens with zero attached hydrogens (tertiary/aromatic N) is 2. The van der Waals surface area contributed by atoms with Crippen molar-refractivity contribution in [1.82, 2.24) is 4.57 Å². The first kappa shape index (κ1) is 27.1. The zero-order valence-electron chi connectivity index (χ0n) is 20.2. The number of imide groups is 1. The molecular formula is C28H17Cl2F3N2O3S2. The van der Waals surface area contributed by atoms with E-state index in [0.29, 0.717) is 25.5 Å². The summed E-state index contributed by atoms with van der Waals surface area (Å²) in [6, 6.07) is 18.0. The first-order valence-electron chi connectivity index (χ1n) is 12.0. The van der Waals surface area contributed by atoms with Crippen molar-refractivity contribution in [3.63, 3.8) is 0 Å². The lowest BCUT2D eigenvalue weighted by Crippen LogP contribution is -2.32. The maximum Gasteiger partial charge on any atom is 0.416 e. The summed E-state index contributed by atoms with van der Waals surface area (Å²) in [5, 5.41) is 0.630. The van der Waals surface area contributed by atoms with E-state index in [4.69, 9.17) is 23.2 Å². The highest BCUT2D eigenvalue weighted by Crippen LogP contribution is 2.54. The smallest absolute Gasteiger partial charge is 0.289 e. The topological polar surface area (TPSA) is 59.4 Å². The normalized spacial score (nSPS) is 20.5. The van der Waals surface area contributed by atoms with Crippen molar-refractivity contribution >= 4 is 63.8 Å². The third kappa shape index (κ3) is 4.66. The summed E-state index contributed by atoms with van der Waals surface area (Å²) in [4.78, 5) is 42.1. The van der Waals surface area contributed by atoms with E-state index in [-0.39, 0.29) is 17.1 Å². The number of thiazole rings is 1. The molecule has 3 aromatic carbocycles. The number of alkyl halides is 3. The van der Waals surface area contributed by atoms with Gasteiger partial charge in [-0.3, -0.25) is 19.0 Å². The minimum atomic E-state index is -4.64. The predicted molar refractivity (Wildman–Crippen MR) is 149 cm³/mol. The molecule has 3 heterocycles. The Balaban J connectivity index is 1.47. The molecule has 12 heteroatoms. The Morgan fingerprint density at radius 3 is 2.15 bits per heavy atom. The number of fused-ring (bicyclic) bond motifs is 2. The van der Waals surface area contributed by atoms with E-state index in [1.807, 2.05) is 0 Å². The van der Waals surface area contributed by atoms with E-state index >= 15 is 0 Å². The van der Waals surface area contributed by atoms with E-state index in [2.05, 4.69) is 0 Å². The van der Waals surface area contributed by atoms with Crippen molar-refractivity contribution in [2.24, 2.45) is 5.92 Å². The molecule has 204 valence electrons. The van der Waals surface area contributed by atoms with Gasteiger partial charge in [0.1, 0.15) is 5.25 Å². The van der Waals surface area contributed by atoms with Gasteiger partial charge >= 0.3 is 11.0 Å². The fourth-order valence-electron chi connectivity index (χ4n) is 5.13. The molecule has 6 rings (SSSR count). The number of amides is 2. The molecule has 40 heavy (non-hydrogen) atoms. The second-order valence-electron chi connectivity index (χ2n) is 9.40. The lowest BCUT2D eigenvalue weighted by molar-refractivity contribution is -0.137. The number of anilines is 1. The molecule has 2 aliphatic heterocycles. The molecule has 0 aliphatic carbocycles. The van der Waals surface area contributed by atoms with Gasteiger partial charge < -0.3 is 0 Å². The Labute approximate surface area is 244 Å². The fourth-order valence-corrected chi connectivity index (χ4v) is 8.16. The molecule has 1 aromatic heterocycles. The van der Waals surface area contributed by atoms with Crippen LogP contribution in [0.5, 0.6) is 0 Å². The van der Waals surface area contributed by atoms with Crippen molar-refractivity contribution in [1.29, 1.82) is 0 Å². The number of carbonyl (C=O) groups excluding carboxylic acids is 2. The Kier molecular flexibility index (Phi) is 6.85. The van der Waals surface area contributed by atoms with Gasteiger partial charge in [0.2, 0.25) is 11.8 Å². The van der Waals surface area contributed by atoms with Gasteiger partial charge in [-0.2, -0.15) is 13.2 Å². The summed E-state index contributed by atoms with van der Waals surface area (Å²) in [6.45, 7) is 0.221. The number of benzene rings is 3. The largest absolute Gasteiger partial charge is 0.416 e.